The quantitative estimate of drug-likeness (QED) is 0.811. The number of hydrogen-bond donors (Lipinski definition) is 1. The molecule has 1 aliphatic heterocycles. The molecule has 1 saturated heterocycles. The Morgan fingerprint density at radius 3 is 2.50 bits per heavy atom. The maximum absolute atomic E-state index is 13.0. The number of ether oxygens (including phenoxy) is 1. The molecule has 1 aliphatic rings. The number of morpholine rings is 1. The van der Waals surface area contributed by atoms with E-state index in [1.807, 2.05) is 30.3 Å². The first-order chi connectivity index (χ1) is 12.7. The van der Waals surface area contributed by atoms with E-state index in [0.717, 1.165) is 44.0 Å². The maximum Gasteiger partial charge on any atom is 0.244 e. The summed E-state index contributed by atoms with van der Waals surface area (Å²) in [6.45, 7) is 3.92. The van der Waals surface area contributed by atoms with Gasteiger partial charge in [0.1, 0.15) is 5.82 Å². The molecule has 0 unspecified atom stereocenters. The van der Waals surface area contributed by atoms with E-state index in [-0.39, 0.29) is 17.8 Å². The molecule has 26 heavy (non-hydrogen) atoms. The molecule has 2 aromatic carbocycles. The van der Waals surface area contributed by atoms with Gasteiger partial charge in [-0.15, -0.1) is 0 Å². The first-order valence-corrected chi connectivity index (χ1v) is 8.80. The van der Waals surface area contributed by atoms with Gasteiger partial charge in [0.05, 0.1) is 19.3 Å². The van der Waals surface area contributed by atoms with Crippen LogP contribution in [0.1, 0.15) is 17.2 Å². The molecule has 5 heteroatoms. The second-order valence-electron chi connectivity index (χ2n) is 6.27. The zero-order valence-corrected chi connectivity index (χ0v) is 14.6. The Morgan fingerprint density at radius 1 is 1.12 bits per heavy atom. The average molecular weight is 354 g/mol. The molecule has 136 valence electrons. The molecule has 1 amide bonds. The lowest BCUT2D eigenvalue weighted by molar-refractivity contribution is -0.117. The minimum absolute atomic E-state index is 0.0975. The summed E-state index contributed by atoms with van der Waals surface area (Å²) in [6, 6.07) is 15.9. The van der Waals surface area contributed by atoms with Crippen LogP contribution in [0.3, 0.4) is 0 Å². The summed E-state index contributed by atoms with van der Waals surface area (Å²) in [5.41, 5.74) is 1.86. The lowest BCUT2D eigenvalue weighted by Gasteiger charge is -2.31. The maximum atomic E-state index is 13.0. The van der Waals surface area contributed by atoms with Gasteiger partial charge in [0.25, 0.3) is 0 Å². The van der Waals surface area contributed by atoms with Gasteiger partial charge in [0, 0.05) is 25.7 Å². The molecular formula is C21H23FN2O2. The second kappa shape index (κ2) is 9.27. The molecule has 1 atom stereocenters. The highest BCUT2D eigenvalue weighted by Crippen LogP contribution is 2.15. The lowest BCUT2D eigenvalue weighted by Crippen LogP contribution is -2.42. The van der Waals surface area contributed by atoms with Gasteiger partial charge in [-0.1, -0.05) is 42.5 Å². The van der Waals surface area contributed by atoms with E-state index >= 15 is 0 Å². The summed E-state index contributed by atoms with van der Waals surface area (Å²) in [6.07, 6.45) is 3.17. The van der Waals surface area contributed by atoms with Gasteiger partial charge in [-0.3, -0.25) is 9.69 Å². The van der Waals surface area contributed by atoms with Gasteiger partial charge in [-0.25, -0.2) is 4.39 Å². The monoisotopic (exact) mass is 354 g/mol. The van der Waals surface area contributed by atoms with E-state index in [9.17, 15) is 9.18 Å². The molecule has 3 rings (SSSR count). The third-order valence-corrected chi connectivity index (χ3v) is 4.36. The Morgan fingerprint density at radius 2 is 1.81 bits per heavy atom. The van der Waals surface area contributed by atoms with Crippen molar-refractivity contribution in [2.24, 2.45) is 0 Å². The van der Waals surface area contributed by atoms with Crippen LogP contribution < -0.4 is 5.32 Å². The number of benzene rings is 2. The van der Waals surface area contributed by atoms with E-state index in [4.69, 9.17) is 4.74 Å². The van der Waals surface area contributed by atoms with Crippen molar-refractivity contribution in [1.29, 1.82) is 0 Å². The van der Waals surface area contributed by atoms with E-state index in [0.29, 0.717) is 0 Å². The van der Waals surface area contributed by atoms with Gasteiger partial charge in [0.15, 0.2) is 0 Å². The summed E-state index contributed by atoms with van der Waals surface area (Å²) in [4.78, 5) is 14.7. The topological polar surface area (TPSA) is 41.6 Å². The van der Waals surface area contributed by atoms with Crippen molar-refractivity contribution in [3.63, 3.8) is 0 Å². The van der Waals surface area contributed by atoms with Crippen LogP contribution in [0.4, 0.5) is 4.39 Å². The molecule has 0 bridgehead atoms. The Kier molecular flexibility index (Phi) is 6.52. The number of carbonyl (C=O) groups excluding carboxylic acids is 1. The zero-order chi connectivity index (χ0) is 18.2. The largest absolute Gasteiger partial charge is 0.379 e. The normalized spacial score (nSPS) is 16.5. The van der Waals surface area contributed by atoms with Crippen LogP contribution in [0.2, 0.25) is 0 Å². The van der Waals surface area contributed by atoms with Crippen molar-refractivity contribution in [2.75, 3.05) is 32.8 Å². The van der Waals surface area contributed by atoms with Crippen LogP contribution >= 0.6 is 0 Å². The minimum atomic E-state index is -0.291. The highest BCUT2D eigenvalue weighted by atomic mass is 19.1. The van der Waals surface area contributed by atoms with Gasteiger partial charge in [0.2, 0.25) is 5.91 Å². The molecule has 2 aromatic rings. The summed E-state index contributed by atoms with van der Waals surface area (Å²) in [5.74, 6) is -0.460. The SMILES string of the molecule is O=C(/C=C/c1ccc(F)cc1)N[C@@H](CN1CCOCC1)c1ccccc1. The predicted molar refractivity (Wildman–Crippen MR) is 100 cm³/mol. The third kappa shape index (κ3) is 5.51. The number of carbonyl (C=O) groups is 1. The molecule has 1 fully saturated rings. The van der Waals surface area contributed by atoms with Crippen LogP contribution in [-0.2, 0) is 9.53 Å². The predicted octanol–water partition coefficient (Wildman–Crippen LogP) is 3.03. The summed E-state index contributed by atoms with van der Waals surface area (Å²) in [7, 11) is 0. The first kappa shape index (κ1) is 18.3. The number of halogens is 1. The first-order valence-electron chi connectivity index (χ1n) is 8.80. The van der Waals surface area contributed by atoms with Crippen LogP contribution in [0, 0.1) is 5.82 Å². The Hall–Kier alpha value is -2.50. The summed E-state index contributed by atoms with van der Waals surface area (Å²) >= 11 is 0. The molecule has 0 saturated carbocycles. The van der Waals surface area contributed by atoms with Crippen LogP contribution in [0.15, 0.2) is 60.7 Å². The van der Waals surface area contributed by atoms with Crippen molar-refractivity contribution in [3.05, 3.63) is 77.6 Å². The molecule has 0 spiro atoms. The van der Waals surface area contributed by atoms with E-state index in [2.05, 4.69) is 10.2 Å². The fourth-order valence-corrected chi connectivity index (χ4v) is 2.93. The smallest absolute Gasteiger partial charge is 0.244 e. The van der Waals surface area contributed by atoms with E-state index < -0.39 is 0 Å². The Bertz CT molecular complexity index is 725. The molecule has 0 aromatic heterocycles. The van der Waals surface area contributed by atoms with Crippen molar-refractivity contribution < 1.29 is 13.9 Å². The minimum Gasteiger partial charge on any atom is -0.379 e. The zero-order valence-electron chi connectivity index (χ0n) is 14.6. The Balaban J connectivity index is 1.66. The third-order valence-electron chi connectivity index (χ3n) is 4.36. The molecule has 1 N–H and O–H groups in total. The van der Waals surface area contributed by atoms with Crippen molar-refractivity contribution in [3.8, 4) is 0 Å². The lowest BCUT2D eigenvalue weighted by atomic mass is 10.1. The van der Waals surface area contributed by atoms with Gasteiger partial charge in [-0.05, 0) is 29.3 Å². The van der Waals surface area contributed by atoms with Crippen molar-refractivity contribution >= 4 is 12.0 Å². The Labute approximate surface area is 153 Å². The molecule has 0 radical (unpaired) electrons. The number of amides is 1. The summed E-state index contributed by atoms with van der Waals surface area (Å²) in [5, 5.41) is 3.08. The average Bonchev–Trinajstić information content (AvgIpc) is 2.68. The fraction of sp³-hybridized carbons (Fsp3) is 0.286. The molecule has 4 nitrogen and oxygen atoms in total. The summed E-state index contributed by atoms with van der Waals surface area (Å²) < 4.78 is 18.3. The van der Waals surface area contributed by atoms with Gasteiger partial charge in [-0.2, -0.15) is 0 Å². The van der Waals surface area contributed by atoms with Crippen LogP contribution in [0.5, 0.6) is 0 Å². The molecular weight excluding hydrogens is 331 g/mol. The van der Waals surface area contributed by atoms with Crippen LogP contribution in [-0.4, -0.2) is 43.7 Å². The number of rotatable bonds is 6. The number of hydrogen-bond acceptors (Lipinski definition) is 3. The van der Waals surface area contributed by atoms with Gasteiger partial charge >= 0.3 is 0 Å². The van der Waals surface area contributed by atoms with Gasteiger partial charge < -0.3 is 10.1 Å². The van der Waals surface area contributed by atoms with Crippen molar-refractivity contribution in [2.45, 2.75) is 6.04 Å². The molecule has 0 aliphatic carbocycles. The number of nitrogens with one attached hydrogen (secondary N) is 1. The molecule has 1 heterocycles. The van der Waals surface area contributed by atoms with Crippen molar-refractivity contribution in [1.82, 2.24) is 10.2 Å². The fourth-order valence-electron chi connectivity index (χ4n) is 2.93. The highest BCUT2D eigenvalue weighted by molar-refractivity contribution is 5.92. The van der Waals surface area contributed by atoms with E-state index in [1.165, 1.54) is 18.2 Å². The number of nitrogens with zero attached hydrogens (tertiary/aromatic N) is 1. The highest BCUT2D eigenvalue weighted by Gasteiger charge is 2.19. The second-order valence-corrected chi connectivity index (χ2v) is 6.27. The van der Waals surface area contributed by atoms with Crippen LogP contribution in [0.25, 0.3) is 6.08 Å². The standard InChI is InChI=1S/C21H23FN2O2/c22-19-9-6-17(7-10-19)8-11-21(25)23-20(18-4-2-1-3-5-18)16-24-12-14-26-15-13-24/h1-11,20H,12-16H2,(H,23,25)/b11-8+/t20-/m0/s1. The van der Waals surface area contributed by atoms with E-state index in [1.54, 1.807) is 18.2 Å².